The van der Waals surface area contributed by atoms with E-state index in [0.29, 0.717) is 13.0 Å². The minimum absolute atomic E-state index is 0. The molecular formula is C34H33ClN4O5S. The topological polar surface area (TPSA) is 126 Å². The minimum atomic E-state index is -1.14. The molecular weight excluding hydrogens is 612 g/mol. The van der Waals surface area contributed by atoms with E-state index in [2.05, 4.69) is 33.9 Å². The van der Waals surface area contributed by atoms with Crippen molar-refractivity contribution in [3.8, 4) is 5.75 Å². The molecule has 3 heterocycles. The van der Waals surface area contributed by atoms with Crippen molar-refractivity contribution in [1.29, 1.82) is 0 Å². The Morgan fingerprint density at radius 2 is 1.42 bits per heavy atom. The Labute approximate surface area is 272 Å². The summed E-state index contributed by atoms with van der Waals surface area (Å²) in [6.45, 7) is 2.67. The first kappa shape index (κ1) is 33.2. The Kier molecular flexibility index (Phi) is 11.3. The molecule has 9 nitrogen and oxygen atoms in total. The Bertz CT molecular complexity index is 1580. The number of urea groups is 1. The van der Waals surface area contributed by atoms with Gasteiger partial charge < -0.3 is 10.1 Å². The first-order valence-electron chi connectivity index (χ1n) is 14.3. The third-order valence-electron chi connectivity index (χ3n) is 7.31. The number of aromatic nitrogens is 1. The number of aryl methyl sites for hydroxylation is 1. The van der Waals surface area contributed by atoms with Crippen LogP contribution in [0.3, 0.4) is 0 Å². The standard InChI is InChI=1S/C19H20N2O3S.C15H12N2O2.ClH/c1-2-13-3-6-15(20-12-13)9-10-24-16-7-4-14(5-8-16)11-17-18(22)21-19(23)25-17;18-13-15(17-14(19)16-13,11-7-3-1-4-8-11)12-9-5-2-6-10-12;/h3-8,12,17H,2,9-11H2,1H3,(H,21,22,23);1-10H,(H2,16,17,18,19);1H. The van der Waals surface area contributed by atoms with Gasteiger partial charge in [0.15, 0.2) is 5.54 Å². The monoisotopic (exact) mass is 644 g/mol. The lowest BCUT2D eigenvalue weighted by atomic mass is 9.83. The van der Waals surface area contributed by atoms with Gasteiger partial charge in [-0.3, -0.25) is 30.0 Å². The quantitative estimate of drug-likeness (QED) is 0.210. The highest BCUT2D eigenvalue weighted by Gasteiger charge is 2.49. The van der Waals surface area contributed by atoms with E-state index in [4.69, 9.17) is 4.74 Å². The number of hydrogen-bond acceptors (Lipinski definition) is 7. The van der Waals surface area contributed by atoms with Gasteiger partial charge in [0.1, 0.15) is 5.75 Å². The molecule has 0 saturated carbocycles. The summed E-state index contributed by atoms with van der Waals surface area (Å²) in [4.78, 5) is 51.1. The summed E-state index contributed by atoms with van der Waals surface area (Å²) in [7, 11) is 0. The first-order valence-corrected chi connectivity index (χ1v) is 15.2. The van der Waals surface area contributed by atoms with Crippen molar-refractivity contribution in [2.75, 3.05) is 6.61 Å². The van der Waals surface area contributed by atoms with Crippen LogP contribution in [0.25, 0.3) is 0 Å². The minimum Gasteiger partial charge on any atom is -0.493 e. The number of benzene rings is 3. The number of thioether (sulfide) groups is 1. The van der Waals surface area contributed by atoms with E-state index >= 15 is 0 Å². The van der Waals surface area contributed by atoms with Gasteiger partial charge in [-0.25, -0.2) is 4.79 Å². The highest BCUT2D eigenvalue weighted by atomic mass is 35.5. The van der Waals surface area contributed by atoms with Crippen LogP contribution in [0.4, 0.5) is 9.59 Å². The molecule has 2 aliphatic heterocycles. The van der Waals surface area contributed by atoms with Crippen LogP contribution in [-0.4, -0.2) is 39.9 Å². The summed E-state index contributed by atoms with van der Waals surface area (Å²) in [5.74, 6) is 0.223. The maximum absolute atomic E-state index is 12.3. The van der Waals surface area contributed by atoms with Crippen LogP contribution in [0.15, 0.2) is 103 Å². The summed E-state index contributed by atoms with van der Waals surface area (Å²) in [5, 5.41) is 6.76. The maximum atomic E-state index is 12.3. The number of amides is 5. The molecule has 2 fully saturated rings. The van der Waals surface area contributed by atoms with Gasteiger partial charge >= 0.3 is 6.03 Å². The summed E-state index contributed by atoms with van der Waals surface area (Å²) in [5.41, 5.74) is 3.60. The molecule has 1 atom stereocenters. The molecule has 2 saturated heterocycles. The largest absolute Gasteiger partial charge is 0.493 e. The second-order valence-corrected chi connectivity index (χ2v) is 11.4. The lowest BCUT2D eigenvalue weighted by molar-refractivity contribution is -0.123. The normalized spacial score (nSPS) is 16.4. The van der Waals surface area contributed by atoms with Crippen LogP contribution in [0, 0.1) is 0 Å². The molecule has 4 aromatic rings. The van der Waals surface area contributed by atoms with Crippen molar-refractivity contribution in [3.05, 3.63) is 131 Å². The molecule has 11 heteroatoms. The number of nitrogens with one attached hydrogen (secondary N) is 3. The lowest BCUT2D eigenvalue weighted by Gasteiger charge is -2.27. The number of rotatable bonds is 9. The van der Waals surface area contributed by atoms with Gasteiger partial charge in [0, 0.05) is 18.3 Å². The number of imide groups is 2. The van der Waals surface area contributed by atoms with Crippen LogP contribution >= 0.6 is 24.2 Å². The predicted molar refractivity (Wildman–Crippen MR) is 175 cm³/mol. The molecule has 45 heavy (non-hydrogen) atoms. The highest BCUT2D eigenvalue weighted by molar-refractivity contribution is 8.15. The molecule has 6 rings (SSSR count). The van der Waals surface area contributed by atoms with Crippen molar-refractivity contribution >= 4 is 47.3 Å². The summed E-state index contributed by atoms with van der Waals surface area (Å²) in [6, 6.07) is 29.8. The summed E-state index contributed by atoms with van der Waals surface area (Å²) in [6.07, 6.45) is 4.19. The van der Waals surface area contributed by atoms with Gasteiger partial charge in [-0.15, -0.1) is 12.4 Å². The van der Waals surface area contributed by atoms with Crippen LogP contribution in [0.1, 0.15) is 34.9 Å². The van der Waals surface area contributed by atoms with Crippen molar-refractivity contribution in [2.24, 2.45) is 0 Å². The third kappa shape index (κ3) is 8.09. The number of ether oxygens (including phenoxy) is 1. The molecule has 1 aromatic heterocycles. The molecule has 3 N–H and O–H groups in total. The maximum Gasteiger partial charge on any atom is 0.322 e. The van der Waals surface area contributed by atoms with Gasteiger partial charge in [0.2, 0.25) is 5.91 Å². The smallest absolute Gasteiger partial charge is 0.322 e. The Morgan fingerprint density at radius 3 is 1.91 bits per heavy atom. The van der Waals surface area contributed by atoms with E-state index in [-0.39, 0.29) is 34.7 Å². The van der Waals surface area contributed by atoms with Gasteiger partial charge in [-0.05, 0) is 53.3 Å². The SMILES string of the molecule is CCc1ccc(CCOc2ccc(CC3SC(=O)NC3=O)cc2)nc1.Cl.O=C1NC(=O)C(c2ccccc2)(c2ccccc2)N1. The molecule has 1 unspecified atom stereocenters. The van der Waals surface area contributed by atoms with Crippen LogP contribution < -0.4 is 20.7 Å². The zero-order valence-corrected chi connectivity index (χ0v) is 26.2. The number of carbonyl (C=O) groups excluding carboxylic acids is 4. The molecule has 5 amide bonds. The number of hydrogen-bond donors (Lipinski definition) is 3. The van der Waals surface area contributed by atoms with Crippen molar-refractivity contribution in [1.82, 2.24) is 20.9 Å². The van der Waals surface area contributed by atoms with Gasteiger partial charge in [-0.1, -0.05) is 97.5 Å². The van der Waals surface area contributed by atoms with Gasteiger partial charge in [0.05, 0.1) is 11.9 Å². The molecule has 232 valence electrons. The van der Waals surface area contributed by atoms with Crippen LogP contribution in [0.2, 0.25) is 0 Å². The summed E-state index contributed by atoms with van der Waals surface area (Å²) >= 11 is 1.05. The second-order valence-electron chi connectivity index (χ2n) is 10.2. The number of nitrogens with zero attached hydrogens (tertiary/aromatic N) is 1. The zero-order chi connectivity index (χ0) is 30.9. The number of carbonyl (C=O) groups is 4. The highest BCUT2D eigenvalue weighted by Crippen LogP contribution is 2.32. The molecule has 2 aliphatic rings. The Morgan fingerprint density at radius 1 is 0.800 bits per heavy atom. The van der Waals surface area contributed by atoms with E-state index in [9.17, 15) is 19.2 Å². The van der Waals surface area contributed by atoms with Crippen LogP contribution in [0.5, 0.6) is 5.75 Å². The third-order valence-corrected chi connectivity index (χ3v) is 8.30. The van der Waals surface area contributed by atoms with Crippen molar-refractivity contribution in [2.45, 2.75) is 37.0 Å². The van der Waals surface area contributed by atoms with Crippen molar-refractivity contribution in [3.63, 3.8) is 0 Å². The Balaban J connectivity index is 0.000000207. The number of pyridine rings is 1. The molecule has 3 aromatic carbocycles. The lowest BCUT2D eigenvalue weighted by Crippen LogP contribution is -2.44. The van der Waals surface area contributed by atoms with Crippen LogP contribution in [-0.2, 0) is 34.4 Å². The molecule has 0 bridgehead atoms. The van der Waals surface area contributed by atoms with E-state index < -0.39 is 11.6 Å². The molecule has 0 spiro atoms. The molecule has 0 radical (unpaired) electrons. The van der Waals surface area contributed by atoms with Gasteiger partial charge in [0.25, 0.3) is 11.1 Å². The second kappa shape index (κ2) is 15.4. The van der Waals surface area contributed by atoms with E-state index in [1.807, 2.05) is 97.2 Å². The predicted octanol–water partition coefficient (Wildman–Crippen LogP) is 5.35. The summed E-state index contributed by atoms with van der Waals surface area (Å²) < 4.78 is 5.75. The fraction of sp³-hybridized carbons (Fsp3) is 0.206. The van der Waals surface area contributed by atoms with Crippen molar-refractivity contribution < 1.29 is 23.9 Å². The fourth-order valence-corrected chi connectivity index (χ4v) is 5.81. The first-order chi connectivity index (χ1) is 21.4. The van der Waals surface area contributed by atoms with Gasteiger partial charge in [-0.2, -0.15) is 0 Å². The van der Waals surface area contributed by atoms with E-state index in [1.54, 1.807) is 0 Å². The fourth-order valence-electron chi connectivity index (χ4n) is 4.95. The average Bonchev–Trinajstić information content (AvgIpc) is 3.54. The van der Waals surface area contributed by atoms with E-state index in [0.717, 1.165) is 52.7 Å². The molecule has 0 aliphatic carbocycles. The Hall–Kier alpha value is -4.67. The number of halogens is 1. The zero-order valence-electron chi connectivity index (χ0n) is 24.5. The van der Waals surface area contributed by atoms with E-state index in [1.165, 1.54) is 5.56 Å². The average molecular weight is 645 g/mol.